The lowest BCUT2D eigenvalue weighted by Crippen LogP contribution is -2.03. The Kier molecular flexibility index (Phi) is 3.02. The molecule has 2 aliphatic heterocycles. The highest BCUT2D eigenvalue weighted by Gasteiger charge is 2.23. The van der Waals surface area contributed by atoms with Crippen molar-refractivity contribution in [3.63, 3.8) is 0 Å². The highest BCUT2D eigenvalue weighted by molar-refractivity contribution is 5.95. The number of epoxide rings is 1. The molecule has 0 radical (unpaired) electrons. The second kappa shape index (κ2) is 4.82. The van der Waals surface area contributed by atoms with Gasteiger partial charge in [0.2, 0.25) is 0 Å². The van der Waals surface area contributed by atoms with Crippen LogP contribution in [0.1, 0.15) is 12.0 Å². The largest absolute Gasteiger partial charge is 0.491 e. The van der Waals surface area contributed by atoms with Gasteiger partial charge in [-0.15, -0.1) is 0 Å². The van der Waals surface area contributed by atoms with Gasteiger partial charge in [0.15, 0.2) is 0 Å². The van der Waals surface area contributed by atoms with E-state index in [2.05, 4.69) is 0 Å². The number of carbonyl (C=O) groups is 1. The van der Waals surface area contributed by atoms with Gasteiger partial charge in [0.1, 0.15) is 18.5 Å². The Hall–Kier alpha value is -1.81. The zero-order chi connectivity index (χ0) is 12.4. The van der Waals surface area contributed by atoms with Gasteiger partial charge in [-0.25, -0.2) is 4.79 Å². The lowest BCUT2D eigenvalue weighted by atomic mass is 10.1. The molecular formula is C14H14O4. The van der Waals surface area contributed by atoms with E-state index in [-0.39, 0.29) is 12.1 Å². The van der Waals surface area contributed by atoms with Gasteiger partial charge in [-0.2, -0.15) is 0 Å². The number of cyclic esters (lactones) is 1. The standard InChI is InChI=1S/C14H14O4/c15-14-11(5-6-16-14)7-10-1-3-12(4-2-10)17-8-13-9-18-13/h1-4,7,13H,5-6,8-9H2/b11-7+. The van der Waals surface area contributed by atoms with Crippen LogP contribution in [0.5, 0.6) is 5.75 Å². The quantitative estimate of drug-likeness (QED) is 0.461. The van der Waals surface area contributed by atoms with Crippen LogP contribution in [0.3, 0.4) is 0 Å². The van der Waals surface area contributed by atoms with E-state index >= 15 is 0 Å². The second-order valence-corrected chi connectivity index (χ2v) is 4.39. The first-order valence-corrected chi connectivity index (χ1v) is 6.03. The lowest BCUT2D eigenvalue weighted by Gasteiger charge is -2.04. The Morgan fingerprint density at radius 2 is 2.11 bits per heavy atom. The SMILES string of the molecule is O=C1OCC/C1=C\c1ccc(OCC2CO2)cc1. The topological polar surface area (TPSA) is 48.1 Å². The van der Waals surface area contributed by atoms with Crippen LogP contribution in [0.15, 0.2) is 29.8 Å². The molecule has 0 spiro atoms. The molecule has 1 aromatic carbocycles. The fourth-order valence-corrected chi connectivity index (χ4v) is 1.79. The minimum absolute atomic E-state index is 0.207. The Morgan fingerprint density at radius 1 is 1.33 bits per heavy atom. The maximum absolute atomic E-state index is 11.3. The van der Waals surface area contributed by atoms with E-state index in [0.29, 0.717) is 19.6 Å². The summed E-state index contributed by atoms with van der Waals surface area (Å²) >= 11 is 0. The molecule has 0 amide bonds. The van der Waals surface area contributed by atoms with E-state index in [1.807, 2.05) is 30.3 Å². The molecule has 94 valence electrons. The van der Waals surface area contributed by atoms with Crippen molar-refractivity contribution in [2.24, 2.45) is 0 Å². The Morgan fingerprint density at radius 3 is 2.72 bits per heavy atom. The van der Waals surface area contributed by atoms with Gasteiger partial charge in [-0.1, -0.05) is 12.1 Å². The minimum atomic E-state index is -0.207. The summed E-state index contributed by atoms with van der Waals surface area (Å²) in [5, 5.41) is 0. The summed E-state index contributed by atoms with van der Waals surface area (Å²) in [5.74, 6) is 0.614. The monoisotopic (exact) mass is 246 g/mol. The van der Waals surface area contributed by atoms with Crippen LogP contribution in [0.2, 0.25) is 0 Å². The number of benzene rings is 1. The zero-order valence-corrected chi connectivity index (χ0v) is 9.93. The van der Waals surface area contributed by atoms with Crippen molar-refractivity contribution >= 4 is 12.0 Å². The molecule has 1 unspecified atom stereocenters. The molecule has 2 fully saturated rings. The average Bonchev–Trinajstić information content (AvgIpc) is 3.13. The van der Waals surface area contributed by atoms with E-state index in [0.717, 1.165) is 23.5 Å². The van der Waals surface area contributed by atoms with Crippen molar-refractivity contribution in [2.45, 2.75) is 12.5 Å². The van der Waals surface area contributed by atoms with Gasteiger partial charge in [0.25, 0.3) is 0 Å². The second-order valence-electron chi connectivity index (χ2n) is 4.39. The van der Waals surface area contributed by atoms with Crippen molar-refractivity contribution in [3.05, 3.63) is 35.4 Å². The van der Waals surface area contributed by atoms with E-state index in [4.69, 9.17) is 14.2 Å². The molecule has 4 nitrogen and oxygen atoms in total. The summed E-state index contributed by atoms with van der Waals surface area (Å²) in [5.41, 5.74) is 1.72. The molecule has 0 aliphatic carbocycles. The Bertz CT molecular complexity index is 471. The first-order valence-electron chi connectivity index (χ1n) is 6.03. The first kappa shape index (κ1) is 11.3. The molecule has 0 bridgehead atoms. The number of rotatable bonds is 4. The maximum Gasteiger partial charge on any atom is 0.334 e. The molecule has 3 rings (SSSR count). The van der Waals surface area contributed by atoms with Crippen LogP contribution in [-0.2, 0) is 14.3 Å². The predicted molar refractivity (Wildman–Crippen MR) is 65.2 cm³/mol. The van der Waals surface area contributed by atoms with Crippen molar-refractivity contribution < 1.29 is 19.0 Å². The Balaban J connectivity index is 1.64. The normalized spacial score (nSPS) is 24.1. The van der Waals surface area contributed by atoms with Gasteiger partial charge in [0, 0.05) is 12.0 Å². The fourth-order valence-electron chi connectivity index (χ4n) is 1.79. The van der Waals surface area contributed by atoms with Gasteiger partial charge < -0.3 is 14.2 Å². The molecule has 1 atom stereocenters. The molecule has 0 aromatic heterocycles. The van der Waals surface area contributed by atoms with E-state index in [1.165, 1.54) is 0 Å². The predicted octanol–water partition coefficient (Wildman–Crippen LogP) is 1.79. The van der Waals surface area contributed by atoms with Crippen molar-refractivity contribution in [3.8, 4) is 5.75 Å². The third-order valence-corrected chi connectivity index (χ3v) is 2.93. The van der Waals surface area contributed by atoms with Gasteiger partial charge in [0.05, 0.1) is 13.2 Å². The first-order chi connectivity index (χ1) is 8.81. The molecule has 2 aliphatic rings. The maximum atomic E-state index is 11.3. The summed E-state index contributed by atoms with van der Waals surface area (Å²) in [6, 6.07) is 7.66. The lowest BCUT2D eigenvalue weighted by molar-refractivity contribution is -0.134. The summed E-state index contributed by atoms with van der Waals surface area (Å²) < 4.78 is 15.5. The van der Waals surface area contributed by atoms with Crippen molar-refractivity contribution in [1.82, 2.24) is 0 Å². The third-order valence-electron chi connectivity index (χ3n) is 2.93. The summed E-state index contributed by atoms with van der Waals surface area (Å²) in [6.45, 7) is 1.90. The van der Waals surface area contributed by atoms with Crippen LogP contribution in [0.4, 0.5) is 0 Å². The number of carbonyl (C=O) groups excluding carboxylic acids is 1. The summed E-state index contributed by atoms with van der Waals surface area (Å²) in [6.07, 6.45) is 2.82. The van der Waals surface area contributed by atoms with Crippen molar-refractivity contribution in [1.29, 1.82) is 0 Å². The van der Waals surface area contributed by atoms with Gasteiger partial charge in [-0.05, 0) is 23.8 Å². The number of hydrogen-bond donors (Lipinski definition) is 0. The molecule has 0 N–H and O–H groups in total. The molecule has 4 heteroatoms. The van der Waals surface area contributed by atoms with Gasteiger partial charge in [-0.3, -0.25) is 0 Å². The van der Waals surface area contributed by atoms with E-state index < -0.39 is 0 Å². The van der Waals surface area contributed by atoms with E-state index in [9.17, 15) is 4.79 Å². The summed E-state index contributed by atoms with van der Waals surface area (Å²) in [7, 11) is 0. The molecule has 2 heterocycles. The van der Waals surface area contributed by atoms with Crippen LogP contribution in [0, 0.1) is 0 Å². The molecule has 18 heavy (non-hydrogen) atoms. The van der Waals surface area contributed by atoms with E-state index in [1.54, 1.807) is 0 Å². The zero-order valence-electron chi connectivity index (χ0n) is 9.93. The highest BCUT2D eigenvalue weighted by atomic mass is 16.6. The Labute approximate surface area is 105 Å². The van der Waals surface area contributed by atoms with Crippen molar-refractivity contribution in [2.75, 3.05) is 19.8 Å². The minimum Gasteiger partial charge on any atom is -0.491 e. The number of esters is 1. The number of hydrogen-bond acceptors (Lipinski definition) is 4. The van der Waals surface area contributed by atoms with Crippen LogP contribution < -0.4 is 4.74 Å². The number of ether oxygens (including phenoxy) is 3. The average molecular weight is 246 g/mol. The molecule has 2 saturated heterocycles. The van der Waals surface area contributed by atoms with Crippen LogP contribution >= 0.6 is 0 Å². The molecular weight excluding hydrogens is 232 g/mol. The third kappa shape index (κ3) is 2.71. The fraction of sp³-hybridized carbons (Fsp3) is 0.357. The molecule has 0 saturated carbocycles. The summed E-state index contributed by atoms with van der Waals surface area (Å²) in [4.78, 5) is 11.3. The smallest absolute Gasteiger partial charge is 0.334 e. The highest BCUT2D eigenvalue weighted by Crippen LogP contribution is 2.20. The molecule has 1 aromatic rings. The van der Waals surface area contributed by atoms with Crippen LogP contribution in [0.25, 0.3) is 6.08 Å². The van der Waals surface area contributed by atoms with Gasteiger partial charge >= 0.3 is 5.97 Å². The van der Waals surface area contributed by atoms with Crippen LogP contribution in [-0.4, -0.2) is 31.9 Å².